The highest BCUT2D eigenvalue weighted by atomic mass is 32.1. The molecule has 0 unspecified atom stereocenters. The molecule has 3 aromatic carbocycles. The fourth-order valence-corrected chi connectivity index (χ4v) is 8.28. The van der Waals surface area contributed by atoms with Crippen molar-refractivity contribution in [2.24, 2.45) is 5.41 Å². The van der Waals surface area contributed by atoms with Gasteiger partial charge in [-0.3, -0.25) is 14.4 Å². The zero-order valence-corrected chi connectivity index (χ0v) is 30.9. The zero-order chi connectivity index (χ0) is 38.9. The maximum atomic E-state index is 14.3. The summed E-state index contributed by atoms with van der Waals surface area (Å²) in [6, 6.07) is 17.3. The number of carbonyl (C=O) groups is 3. The van der Waals surface area contributed by atoms with Crippen LogP contribution in [0.3, 0.4) is 0 Å². The Morgan fingerprint density at radius 3 is 2.29 bits per heavy atom. The summed E-state index contributed by atoms with van der Waals surface area (Å²) in [6.45, 7) is 5.93. The number of hydrogen-bond acceptors (Lipinski definition) is 8. The molecule has 2 N–H and O–H groups in total. The minimum atomic E-state index is -1.23. The average molecular weight is 772 g/mol. The van der Waals surface area contributed by atoms with Crippen molar-refractivity contribution in [2.45, 2.75) is 26.2 Å². The molecule has 0 atom stereocenters. The van der Waals surface area contributed by atoms with Gasteiger partial charge in [0.1, 0.15) is 23.1 Å². The van der Waals surface area contributed by atoms with Crippen LogP contribution in [0.5, 0.6) is 0 Å². The third-order valence-electron chi connectivity index (χ3n) is 10.1. The van der Waals surface area contributed by atoms with E-state index >= 15 is 0 Å². The summed E-state index contributed by atoms with van der Waals surface area (Å²) in [7, 11) is 1.77. The third kappa shape index (κ3) is 7.82. The topological polar surface area (TPSA) is 104 Å². The van der Waals surface area contributed by atoms with Gasteiger partial charge in [-0.25, -0.2) is 22.5 Å². The van der Waals surface area contributed by atoms with Crippen molar-refractivity contribution in [1.29, 1.82) is 0 Å². The number of ether oxygens (including phenoxy) is 1. The summed E-state index contributed by atoms with van der Waals surface area (Å²) in [5, 5.41) is 5.15. The van der Waals surface area contributed by atoms with Crippen LogP contribution in [-0.4, -0.2) is 63.0 Å². The lowest BCUT2D eigenvalue weighted by molar-refractivity contribution is -0.000507. The summed E-state index contributed by atoms with van der Waals surface area (Å²) >= 11 is 1.05. The number of pyridine rings is 1. The van der Waals surface area contributed by atoms with E-state index in [0.717, 1.165) is 79.5 Å². The summed E-state index contributed by atoms with van der Waals surface area (Å²) in [4.78, 5) is 46.3. The molecular formula is C41H37F4N5O4S. The lowest BCUT2D eigenvalue weighted by Crippen LogP contribution is -2.59. The van der Waals surface area contributed by atoms with Gasteiger partial charge in [-0.1, -0.05) is 0 Å². The summed E-state index contributed by atoms with van der Waals surface area (Å²) in [6.07, 6.45) is 3.52. The zero-order valence-electron chi connectivity index (χ0n) is 30.1. The highest BCUT2D eigenvalue weighted by Gasteiger charge is 2.45. The molecule has 9 nitrogen and oxygen atoms in total. The number of thiophene rings is 1. The molecule has 0 saturated carbocycles. The van der Waals surface area contributed by atoms with Crippen LogP contribution in [0.15, 0.2) is 72.8 Å². The van der Waals surface area contributed by atoms with E-state index in [1.54, 1.807) is 37.4 Å². The molecule has 0 radical (unpaired) electrons. The number of nitrogens with zero attached hydrogens (tertiary/aromatic N) is 3. The second-order valence-electron chi connectivity index (χ2n) is 13.8. The first-order chi connectivity index (χ1) is 26.5. The summed E-state index contributed by atoms with van der Waals surface area (Å²) in [5.74, 6) is -4.32. The number of benzene rings is 3. The molecule has 8 rings (SSSR count). The maximum Gasteiger partial charge on any atom is 0.265 e. The highest BCUT2D eigenvalue weighted by Crippen LogP contribution is 2.44. The molecule has 0 bridgehead atoms. The Balaban J connectivity index is 0.000000215. The Morgan fingerprint density at radius 2 is 1.62 bits per heavy atom. The van der Waals surface area contributed by atoms with Crippen LogP contribution in [0, 0.1) is 35.6 Å². The molecule has 14 heteroatoms. The number of nitrogens with one attached hydrogen (secondary N) is 2. The van der Waals surface area contributed by atoms with Crippen molar-refractivity contribution < 1.29 is 36.7 Å². The van der Waals surface area contributed by atoms with Crippen LogP contribution >= 0.6 is 11.3 Å². The molecule has 2 fully saturated rings. The molecule has 3 aliphatic rings. The van der Waals surface area contributed by atoms with E-state index in [-0.39, 0.29) is 17.3 Å². The van der Waals surface area contributed by atoms with Crippen molar-refractivity contribution >= 4 is 52.3 Å². The Bertz CT molecular complexity index is 2240. The number of aromatic nitrogens is 1. The molecule has 55 heavy (non-hydrogen) atoms. The number of anilines is 4. The fraction of sp³-hybridized carbons (Fsp3) is 0.268. The Labute approximate surface area is 318 Å². The van der Waals surface area contributed by atoms with Gasteiger partial charge in [-0.15, -0.1) is 11.3 Å². The van der Waals surface area contributed by atoms with Crippen LogP contribution in [-0.2, 0) is 11.2 Å². The molecule has 5 heterocycles. The van der Waals surface area contributed by atoms with Gasteiger partial charge in [0.05, 0.1) is 16.1 Å². The first-order valence-corrected chi connectivity index (χ1v) is 18.5. The number of rotatable bonds is 6. The van der Waals surface area contributed by atoms with Crippen LogP contribution in [0.1, 0.15) is 54.5 Å². The number of hydrogen-bond donors (Lipinski definition) is 2. The molecule has 2 aromatic heterocycles. The minimum absolute atomic E-state index is 0.158. The van der Waals surface area contributed by atoms with Crippen LogP contribution in [0.4, 0.5) is 40.4 Å². The molecule has 2 saturated heterocycles. The van der Waals surface area contributed by atoms with Crippen molar-refractivity contribution in [3.8, 4) is 10.4 Å². The third-order valence-corrected chi connectivity index (χ3v) is 11.3. The van der Waals surface area contributed by atoms with Crippen molar-refractivity contribution in [3.63, 3.8) is 0 Å². The second kappa shape index (κ2) is 15.6. The molecule has 0 aliphatic carbocycles. The number of halogens is 4. The minimum Gasteiger partial charge on any atom is -0.388 e. The number of aldehydes is 1. The molecule has 3 aliphatic heterocycles. The van der Waals surface area contributed by atoms with Gasteiger partial charge in [-0.05, 0) is 92.4 Å². The van der Waals surface area contributed by atoms with Gasteiger partial charge in [0, 0.05) is 84.8 Å². The number of fused-ring (bicyclic) bond motifs is 3. The normalized spacial score (nSPS) is 15.5. The number of aryl methyl sites for hydroxylation is 1. The Kier molecular flexibility index (Phi) is 10.7. The Hall–Kier alpha value is -5.60. The van der Waals surface area contributed by atoms with Crippen LogP contribution in [0.2, 0.25) is 0 Å². The van der Waals surface area contributed by atoms with E-state index in [2.05, 4.69) is 20.5 Å². The SMILES string of the molecule is CNc1ccc(C(=O)N2CCc3cc(C(=O)Nc4c(F)cc(F)cc4F)sc3-c3ccc(F)cc32)cc1.Cc1ccc(C=O)c(N2CC3(CCOCC3)C2)n1. The fourth-order valence-electron chi connectivity index (χ4n) is 7.14. The van der Waals surface area contributed by atoms with Crippen molar-refractivity contribution in [3.05, 3.63) is 123 Å². The monoisotopic (exact) mass is 771 g/mol. The van der Waals surface area contributed by atoms with Crippen LogP contribution < -0.4 is 20.4 Å². The predicted octanol–water partition coefficient (Wildman–Crippen LogP) is 8.29. The molecular weight excluding hydrogens is 735 g/mol. The van der Waals surface area contributed by atoms with Gasteiger partial charge in [0.25, 0.3) is 11.8 Å². The number of carbonyl (C=O) groups excluding carboxylic acids is 3. The lowest BCUT2D eigenvalue weighted by atomic mass is 9.73. The molecule has 1 spiro atoms. The van der Waals surface area contributed by atoms with Crippen LogP contribution in [0.25, 0.3) is 10.4 Å². The standard InChI is InChI=1S/C27H19F4N3O2S.C14H18N2O2/c1-32-18-5-2-14(3-6-18)27(36)34-9-8-15-10-23(37-25(15)19-7-4-16(28)13-22(19)34)26(35)33-24-20(30)11-17(29)12-21(24)31;1-11-2-3-12(8-17)13(15-11)16-9-14(10-16)4-6-18-7-5-14/h2-7,10-13,32H,8-9H2,1H3,(H,33,35);2-3,8H,4-7,9-10H2,1H3. The molecule has 284 valence electrons. The largest absolute Gasteiger partial charge is 0.388 e. The lowest BCUT2D eigenvalue weighted by Gasteiger charge is -2.53. The summed E-state index contributed by atoms with van der Waals surface area (Å²) in [5.41, 5.74) is 4.22. The smallest absolute Gasteiger partial charge is 0.265 e. The second-order valence-corrected chi connectivity index (χ2v) is 14.9. The molecule has 5 aromatic rings. The Morgan fingerprint density at radius 1 is 0.909 bits per heavy atom. The van der Waals surface area contributed by atoms with E-state index in [1.807, 2.05) is 19.1 Å². The predicted molar refractivity (Wildman–Crippen MR) is 204 cm³/mol. The summed E-state index contributed by atoms with van der Waals surface area (Å²) < 4.78 is 61.0. The average Bonchev–Trinajstić information content (AvgIpc) is 3.53. The van der Waals surface area contributed by atoms with E-state index in [1.165, 1.54) is 23.1 Å². The highest BCUT2D eigenvalue weighted by molar-refractivity contribution is 7.17. The first-order valence-electron chi connectivity index (χ1n) is 17.7. The van der Waals surface area contributed by atoms with Gasteiger partial charge < -0.3 is 25.2 Å². The quantitative estimate of drug-likeness (QED) is 0.132. The van der Waals surface area contributed by atoms with E-state index < -0.39 is 34.9 Å². The van der Waals surface area contributed by atoms with Gasteiger partial charge in [0.15, 0.2) is 17.9 Å². The number of amides is 2. The van der Waals surface area contributed by atoms with E-state index in [9.17, 15) is 31.9 Å². The van der Waals surface area contributed by atoms with Crippen molar-refractivity contribution in [2.75, 3.05) is 60.3 Å². The molecule has 2 amide bonds. The van der Waals surface area contributed by atoms with Gasteiger partial charge in [0.2, 0.25) is 0 Å². The maximum absolute atomic E-state index is 14.3. The van der Waals surface area contributed by atoms with E-state index in [4.69, 9.17) is 4.74 Å². The van der Waals surface area contributed by atoms with Gasteiger partial charge in [-0.2, -0.15) is 0 Å². The van der Waals surface area contributed by atoms with E-state index in [0.29, 0.717) is 51.2 Å². The van der Waals surface area contributed by atoms with Crippen molar-refractivity contribution in [1.82, 2.24) is 4.98 Å². The van der Waals surface area contributed by atoms with Gasteiger partial charge >= 0.3 is 0 Å². The first kappa shape index (κ1) is 37.7.